The number of hydrogen-bond donors (Lipinski definition) is 2. The number of hydroxylamine groups is 2. The van der Waals surface area contributed by atoms with Crippen LogP contribution in [0.5, 0.6) is 0 Å². The van der Waals surface area contributed by atoms with E-state index in [9.17, 15) is 9.59 Å². The summed E-state index contributed by atoms with van der Waals surface area (Å²) in [6.45, 7) is 3.32. The topological polar surface area (TPSA) is 114 Å². The van der Waals surface area contributed by atoms with Gasteiger partial charge in [-0.1, -0.05) is 43.3 Å². The van der Waals surface area contributed by atoms with Gasteiger partial charge in [-0.05, 0) is 66.8 Å². The lowest BCUT2D eigenvalue weighted by Crippen LogP contribution is -2.35. The van der Waals surface area contributed by atoms with Crippen molar-refractivity contribution in [2.45, 2.75) is 39.2 Å². The summed E-state index contributed by atoms with van der Waals surface area (Å²) in [5.74, 6) is -0.0342. The summed E-state index contributed by atoms with van der Waals surface area (Å²) in [6.07, 6.45) is 4.58. The van der Waals surface area contributed by atoms with Gasteiger partial charge in [0, 0.05) is 47.6 Å². The van der Waals surface area contributed by atoms with Gasteiger partial charge in [0.15, 0.2) is 0 Å². The first kappa shape index (κ1) is 26.2. The van der Waals surface area contributed by atoms with Crippen LogP contribution < -0.4 is 16.4 Å². The molecule has 0 saturated heterocycles. The van der Waals surface area contributed by atoms with Gasteiger partial charge in [0.05, 0.1) is 5.69 Å². The first-order valence-corrected chi connectivity index (χ1v) is 13.3. The molecular formula is C31H33N5O3. The Morgan fingerprint density at radius 2 is 1.85 bits per heavy atom. The van der Waals surface area contributed by atoms with E-state index in [4.69, 9.17) is 16.3 Å². The van der Waals surface area contributed by atoms with Crippen LogP contribution in [0, 0.1) is 0 Å². The van der Waals surface area contributed by atoms with Crippen molar-refractivity contribution in [1.29, 1.82) is 0 Å². The first-order chi connectivity index (χ1) is 18.9. The molecule has 0 atom stereocenters. The standard InChI is InChI=1S/C31H33N5O3/c1-2-15-36(39-20-21-9-13-26(32)14-10-21)31(38)25-17-23-11-12-24(18-27(23)34-29(33)19-25)30(37)35-16-5-7-22-6-3-4-8-28(22)35/h3-4,6,8-14,17-18H,2,5,7,15-16,19-20,32H2,1H3,(H2,33,34). The molecule has 8 nitrogen and oxygen atoms in total. The Bertz CT molecular complexity index is 1440. The number of anilines is 2. The summed E-state index contributed by atoms with van der Waals surface area (Å²) < 4.78 is 0. The molecule has 39 heavy (non-hydrogen) atoms. The molecule has 2 aliphatic heterocycles. The highest BCUT2D eigenvalue weighted by atomic mass is 16.7. The van der Waals surface area contributed by atoms with Gasteiger partial charge >= 0.3 is 0 Å². The molecule has 8 heteroatoms. The van der Waals surface area contributed by atoms with Crippen molar-refractivity contribution in [3.63, 3.8) is 0 Å². The maximum Gasteiger partial charge on any atom is 0.273 e. The first-order valence-electron chi connectivity index (χ1n) is 13.3. The Kier molecular flexibility index (Phi) is 7.74. The second kappa shape index (κ2) is 11.5. The highest BCUT2D eigenvalue weighted by molar-refractivity contribution is 6.09. The summed E-state index contributed by atoms with van der Waals surface area (Å²) in [5, 5.41) is 1.38. The van der Waals surface area contributed by atoms with Gasteiger partial charge in [0.2, 0.25) is 0 Å². The number of nitrogens with zero attached hydrogens (tertiary/aromatic N) is 3. The van der Waals surface area contributed by atoms with Crippen molar-refractivity contribution in [2.75, 3.05) is 23.7 Å². The predicted octanol–water partition coefficient (Wildman–Crippen LogP) is 5.01. The third-order valence-electron chi connectivity index (χ3n) is 6.89. The van der Waals surface area contributed by atoms with Crippen LogP contribution in [0.3, 0.4) is 0 Å². The number of rotatable bonds is 7. The lowest BCUT2D eigenvalue weighted by atomic mass is 10.00. The number of fused-ring (bicyclic) bond motifs is 2. The number of nitrogens with two attached hydrogens (primary N) is 2. The van der Waals surface area contributed by atoms with E-state index in [0.717, 1.165) is 36.1 Å². The minimum absolute atomic E-state index is 0.0755. The smallest absolute Gasteiger partial charge is 0.273 e. The number of amides is 2. The Labute approximate surface area is 228 Å². The maximum atomic E-state index is 13.5. The summed E-state index contributed by atoms with van der Waals surface area (Å²) in [5.41, 5.74) is 18.0. The van der Waals surface area contributed by atoms with E-state index >= 15 is 0 Å². The van der Waals surface area contributed by atoms with E-state index in [1.807, 2.05) is 48.2 Å². The highest BCUT2D eigenvalue weighted by Gasteiger charge is 2.26. The fourth-order valence-corrected chi connectivity index (χ4v) is 4.92. The van der Waals surface area contributed by atoms with Crippen LogP contribution in [0.15, 0.2) is 77.3 Å². The largest absolute Gasteiger partial charge is 0.399 e. The molecule has 2 amide bonds. The second-order valence-corrected chi connectivity index (χ2v) is 9.83. The van der Waals surface area contributed by atoms with Crippen LogP contribution in [-0.4, -0.2) is 35.8 Å². The summed E-state index contributed by atoms with van der Waals surface area (Å²) >= 11 is 0. The minimum atomic E-state index is -0.261. The van der Waals surface area contributed by atoms with Crippen LogP contribution >= 0.6 is 0 Å². The highest BCUT2D eigenvalue weighted by Crippen LogP contribution is 2.32. The predicted molar refractivity (Wildman–Crippen MR) is 154 cm³/mol. The van der Waals surface area contributed by atoms with Crippen LogP contribution in [0.4, 0.5) is 17.1 Å². The van der Waals surface area contributed by atoms with Crippen molar-refractivity contribution in [3.05, 3.63) is 94.6 Å². The molecule has 0 saturated carbocycles. The van der Waals surface area contributed by atoms with E-state index in [1.54, 1.807) is 30.3 Å². The van der Waals surface area contributed by atoms with Gasteiger partial charge in [-0.2, -0.15) is 0 Å². The summed E-state index contributed by atoms with van der Waals surface area (Å²) in [4.78, 5) is 39.3. The number of carbonyl (C=O) groups excluding carboxylic acids is 2. The molecule has 0 aromatic heterocycles. The lowest BCUT2D eigenvalue weighted by Gasteiger charge is -2.29. The normalized spacial score (nSPS) is 14.4. The van der Waals surface area contributed by atoms with Gasteiger partial charge in [0.1, 0.15) is 12.4 Å². The van der Waals surface area contributed by atoms with Crippen molar-refractivity contribution in [1.82, 2.24) is 5.06 Å². The fraction of sp³-hybridized carbons (Fsp3) is 0.258. The fourth-order valence-electron chi connectivity index (χ4n) is 4.92. The van der Waals surface area contributed by atoms with Crippen LogP contribution in [0.1, 0.15) is 53.2 Å². The Hall–Kier alpha value is -4.43. The molecule has 2 aliphatic rings. The van der Waals surface area contributed by atoms with Gasteiger partial charge < -0.3 is 16.4 Å². The molecule has 5 rings (SSSR count). The van der Waals surface area contributed by atoms with E-state index in [0.29, 0.717) is 41.4 Å². The molecule has 4 N–H and O–H groups in total. The molecule has 0 bridgehead atoms. The molecule has 0 aliphatic carbocycles. The number of nitrogen functional groups attached to an aromatic ring is 1. The van der Waals surface area contributed by atoms with Gasteiger partial charge in [-0.3, -0.25) is 14.4 Å². The van der Waals surface area contributed by atoms with E-state index in [2.05, 4.69) is 11.1 Å². The van der Waals surface area contributed by atoms with Gasteiger partial charge in [-0.15, -0.1) is 0 Å². The second-order valence-electron chi connectivity index (χ2n) is 9.83. The van der Waals surface area contributed by atoms with E-state index < -0.39 is 0 Å². The number of hydrogen-bond acceptors (Lipinski definition) is 6. The van der Waals surface area contributed by atoms with Crippen molar-refractivity contribution >= 4 is 40.8 Å². The molecule has 3 aromatic carbocycles. The van der Waals surface area contributed by atoms with Gasteiger partial charge in [0.25, 0.3) is 11.8 Å². The maximum absolute atomic E-state index is 13.5. The molecule has 0 unspecified atom stereocenters. The third-order valence-corrected chi connectivity index (χ3v) is 6.89. The molecule has 0 radical (unpaired) electrons. The monoisotopic (exact) mass is 523 g/mol. The summed E-state index contributed by atoms with van der Waals surface area (Å²) in [6, 6.07) is 20.7. The Morgan fingerprint density at radius 1 is 1.05 bits per heavy atom. The number of aliphatic imine (C=N–C) groups is 1. The zero-order valence-electron chi connectivity index (χ0n) is 22.1. The zero-order chi connectivity index (χ0) is 27.4. The van der Waals surface area contributed by atoms with Crippen LogP contribution in [0.25, 0.3) is 6.08 Å². The van der Waals surface area contributed by atoms with Crippen molar-refractivity contribution in [2.24, 2.45) is 10.7 Å². The number of amidine groups is 1. The van der Waals surface area contributed by atoms with E-state index in [-0.39, 0.29) is 24.8 Å². The number of carbonyl (C=O) groups is 2. The quantitative estimate of drug-likeness (QED) is 0.334. The molecule has 2 heterocycles. The minimum Gasteiger partial charge on any atom is -0.399 e. The molecular weight excluding hydrogens is 490 g/mol. The van der Waals surface area contributed by atoms with Crippen LogP contribution in [-0.2, 0) is 22.7 Å². The molecule has 200 valence electrons. The lowest BCUT2D eigenvalue weighted by molar-refractivity contribution is -0.187. The van der Waals surface area contributed by atoms with Crippen LogP contribution in [0.2, 0.25) is 0 Å². The van der Waals surface area contributed by atoms with Gasteiger partial charge in [-0.25, -0.2) is 10.1 Å². The van der Waals surface area contributed by atoms with Crippen molar-refractivity contribution < 1.29 is 14.4 Å². The summed E-state index contributed by atoms with van der Waals surface area (Å²) in [7, 11) is 0. The number of aryl methyl sites for hydroxylation is 1. The molecule has 0 fully saturated rings. The molecule has 0 spiro atoms. The van der Waals surface area contributed by atoms with Crippen molar-refractivity contribution in [3.8, 4) is 0 Å². The average molecular weight is 524 g/mol. The third kappa shape index (κ3) is 5.86. The molecule has 3 aromatic rings. The average Bonchev–Trinajstić information content (AvgIpc) is 3.12. The Balaban J connectivity index is 1.38. The van der Waals surface area contributed by atoms with E-state index in [1.165, 1.54) is 10.6 Å². The number of benzene rings is 3. The Morgan fingerprint density at radius 3 is 2.64 bits per heavy atom. The number of para-hydroxylation sites is 1. The zero-order valence-corrected chi connectivity index (χ0v) is 22.1. The SMILES string of the molecule is CCCN(OCc1ccc(N)cc1)C(=O)C1=Cc2ccc(C(=O)N3CCCc4ccccc43)cc2N=C(N)C1.